The van der Waals surface area contributed by atoms with Crippen LogP contribution in [0.3, 0.4) is 0 Å². The first kappa shape index (κ1) is 15.3. The van der Waals surface area contributed by atoms with Gasteiger partial charge in [0, 0.05) is 18.7 Å². The van der Waals surface area contributed by atoms with E-state index in [-0.39, 0.29) is 10.6 Å². The molecule has 7 heteroatoms. The second-order valence-corrected chi connectivity index (χ2v) is 5.58. The summed E-state index contributed by atoms with van der Waals surface area (Å²) in [7, 11) is -3.60. The van der Waals surface area contributed by atoms with Crippen molar-refractivity contribution in [1.29, 1.82) is 0 Å². The van der Waals surface area contributed by atoms with Crippen LogP contribution in [0.4, 0.5) is 5.69 Å². The van der Waals surface area contributed by atoms with Gasteiger partial charge in [-0.1, -0.05) is 19.1 Å². The van der Waals surface area contributed by atoms with Crippen LogP contribution in [-0.2, 0) is 10.0 Å². The lowest BCUT2D eigenvalue weighted by molar-refractivity contribution is -0.384. The number of nitro benzene ring substituents is 1. The maximum absolute atomic E-state index is 11.8. The molecule has 0 atom stereocenters. The Hall–Kier alpha value is -1.73. The predicted molar refractivity (Wildman–Crippen MR) is 72.3 cm³/mol. The zero-order valence-electron chi connectivity index (χ0n) is 10.6. The minimum Gasteiger partial charge on any atom is -0.258 e. The molecule has 0 aliphatic carbocycles. The van der Waals surface area contributed by atoms with Gasteiger partial charge in [-0.15, -0.1) is 0 Å². The van der Waals surface area contributed by atoms with E-state index in [9.17, 15) is 18.5 Å². The number of allylic oxidation sites excluding steroid dienone is 1. The van der Waals surface area contributed by atoms with Crippen molar-refractivity contribution in [3.8, 4) is 0 Å². The molecule has 0 heterocycles. The molecule has 104 valence electrons. The van der Waals surface area contributed by atoms with E-state index >= 15 is 0 Å². The molecule has 0 aliphatic heterocycles. The zero-order valence-corrected chi connectivity index (χ0v) is 11.4. The molecule has 0 aliphatic rings. The molecule has 0 saturated carbocycles. The quantitative estimate of drug-likeness (QED) is 0.360. The van der Waals surface area contributed by atoms with Crippen LogP contribution in [0.15, 0.2) is 41.3 Å². The summed E-state index contributed by atoms with van der Waals surface area (Å²) < 4.78 is 26.1. The number of nitrogens with one attached hydrogen (secondary N) is 1. The summed E-state index contributed by atoms with van der Waals surface area (Å²) in [5.41, 5.74) is -0.134. The molecule has 1 rings (SSSR count). The number of rotatable bonds is 7. The lowest BCUT2D eigenvalue weighted by Gasteiger charge is -2.05. The first-order valence-corrected chi connectivity index (χ1v) is 7.35. The average Bonchev–Trinajstić information content (AvgIpc) is 2.38. The molecule has 0 aromatic heterocycles. The summed E-state index contributed by atoms with van der Waals surface area (Å²) in [5, 5.41) is 10.5. The fourth-order valence-electron chi connectivity index (χ4n) is 1.39. The topological polar surface area (TPSA) is 89.3 Å². The molecule has 0 bridgehead atoms. The number of nitro groups is 1. The smallest absolute Gasteiger partial charge is 0.258 e. The van der Waals surface area contributed by atoms with Crippen molar-refractivity contribution in [2.75, 3.05) is 6.54 Å². The average molecular weight is 284 g/mol. The van der Waals surface area contributed by atoms with Crippen LogP contribution in [0.2, 0.25) is 0 Å². The van der Waals surface area contributed by atoms with Crippen LogP contribution in [0.1, 0.15) is 19.8 Å². The van der Waals surface area contributed by atoms with Crippen molar-refractivity contribution >= 4 is 15.7 Å². The lowest BCUT2D eigenvalue weighted by Crippen LogP contribution is -2.24. The minimum atomic E-state index is -3.60. The van der Waals surface area contributed by atoms with Crippen molar-refractivity contribution < 1.29 is 13.3 Å². The molecule has 0 saturated heterocycles. The fourth-order valence-corrected chi connectivity index (χ4v) is 2.44. The van der Waals surface area contributed by atoms with Crippen LogP contribution in [-0.4, -0.2) is 19.9 Å². The molecule has 0 unspecified atom stereocenters. The summed E-state index contributed by atoms with van der Waals surface area (Å²) in [5.74, 6) is 0. The highest BCUT2D eigenvalue weighted by molar-refractivity contribution is 7.89. The molecular formula is C12H16N2O4S. The van der Waals surface area contributed by atoms with Crippen molar-refractivity contribution in [2.45, 2.75) is 24.7 Å². The standard InChI is InChI=1S/C12H16N2O4S/c1-2-3-4-5-10-13-19(17,18)12-8-6-11(7-9-12)14(15)16/h3-4,6-9,13H,2,5,10H2,1H3/b4-3+. The van der Waals surface area contributed by atoms with E-state index < -0.39 is 14.9 Å². The highest BCUT2D eigenvalue weighted by Crippen LogP contribution is 2.15. The summed E-state index contributed by atoms with van der Waals surface area (Å²) in [6, 6.07) is 4.79. The lowest BCUT2D eigenvalue weighted by atomic mass is 10.3. The molecule has 1 N–H and O–H groups in total. The number of hydrogen-bond acceptors (Lipinski definition) is 4. The summed E-state index contributed by atoms with van der Waals surface area (Å²) in [6.45, 7) is 2.30. The van der Waals surface area contributed by atoms with Gasteiger partial charge in [-0.05, 0) is 25.0 Å². The number of nitrogens with zero attached hydrogens (tertiary/aromatic N) is 1. The van der Waals surface area contributed by atoms with Gasteiger partial charge in [0.25, 0.3) is 5.69 Å². The van der Waals surface area contributed by atoms with Gasteiger partial charge in [-0.3, -0.25) is 10.1 Å². The van der Waals surface area contributed by atoms with Gasteiger partial charge in [-0.2, -0.15) is 0 Å². The van der Waals surface area contributed by atoms with Gasteiger partial charge >= 0.3 is 0 Å². The predicted octanol–water partition coefficient (Wildman–Crippen LogP) is 2.23. The van der Waals surface area contributed by atoms with Gasteiger partial charge in [0.2, 0.25) is 10.0 Å². The highest BCUT2D eigenvalue weighted by Gasteiger charge is 2.14. The van der Waals surface area contributed by atoms with E-state index in [0.717, 1.165) is 6.42 Å². The summed E-state index contributed by atoms with van der Waals surface area (Å²) in [6.07, 6.45) is 5.38. The molecule has 6 nitrogen and oxygen atoms in total. The Bertz CT molecular complexity index is 550. The number of non-ortho nitro benzene ring substituents is 1. The monoisotopic (exact) mass is 284 g/mol. The first-order chi connectivity index (χ1) is 8.97. The molecule has 0 spiro atoms. The van der Waals surface area contributed by atoms with Crippen LogP contribution in [0, 0.1) is 10.1 Å². The summed E-state index contributed by atoms with van der Waals surface area (Å²) in [4.78, 5) is 9.92. The van der Waals surface area contributed by atoms with Crippen molar-refractivity contribution in [3.05, 3.63) is 46.5 Å². The second kappa shape index (κ2) is 7.01. The normalized spacial score (nSPS) is 11.8. The van der Waals surface area contributed by atoms with E-state index in [4.69, 9.17) is 0 Å². The van der Waals surface area contributed by atoms with Crippen molar-refractivity contribution in [2.24, 2.45) is 0 Å². The van der Waals surface area contributed by atoms with E-state index in [1.54, 1.807) is 0 Å². The molecule has 1 aromatic rings. The Balaban J connectivity index is 2.66. The second-order valence-electron chi connectivity index (χ2n) is 3.82. The van der Waals surface area contributed by atoms with E-state index in [0.29, 0.717) is 13.0 Å². The van der Waals surface area contributed by atoms with Gasteiger partial charge in [-0.25, -0.2) is 13.1 Å². The summed E-state index contributed by atoms with van der Waals surface area (Å²) >= 11 is 0. The zero-order chi connectivity index (χ0) is 14.3. The molecule has 0 fully saturated rings. The SMILES string of the molecule is CC/C=C/CCNS(=O)(=O)c1ccc([N+](=O)[O-])cc1. The van der Waals surface area contributed by atoms with E-state index in [1.807, 2.05) is 19.1 Å². The largest absolute Gasteiger partial charge is 0.269 e. The Labute approximate surface area is 112 Å². The van der Waals surface area contributed by atoms with Gasteiger partial charge in [0.1, 0.15) is 0 Å². The van der Waals surface area contributed by atoms with E-state index in [2.05, 4.69) is 4.72 Å². The van der Waals surface area contributed by atoms with Gasteiger partial charge in [0.15, 0.2) is 0 Å². The van der Waals surface area contributed by atoms with E-state index in [1.165, 1.54) is 24.3 Å². The molecule has 0 radical (unpaired) electrons. The molecule has 0 amide bonds. The Morgan fingerprint density at radius 3 is 2.42 bits per heavy atom. The van der Waals surface area contributed by atoms with Gasteiger partial charge in [0.05, 0.1) is 9.82 Å². The van der Waals surface area contributed by atoms with Crippen molar-refractivity contribution in [3.63, 3.8) is 0 Å². The van der Waals surface area contributed by atoms with Crippen LogP contribution in [0.5, 0.6) is 0 Å². The first-order valence-electron chi connectivity index (χ1n) is 5.86. The Morgan fingerprint density at radius 1 is 1.26 bits per heavy atom. The minimum absolute atomic E-state index is 0.0255. The maximum Gasteiger partial charge on any atom is 0.269 e. The van der Waals surface area contributed by atoms with Gasteiger partial charge < -0.3 is 0 Å². The third-order valence-corrected chi connectivity index (χ3v) is 3.84. The number of hydrogen-bond donors (Lipinski definition) is 1. The molecular weight excluding hydrogens is 268 g/mol. The number of benzene rings is 1. The third-order valence-electron chi connectivity index (χ3n) is 2.36. The molecule has 19 heavy (non-hydrogen) atoms. The molecule has 1 aromatic carbocycles. The highest BCUT2D eigenvalue weighted by atomic mass is 32.2. The number of sulfonamides is 1. The third kappa shape index (κ3) is 4.80. The Morgan fingerprint density at radius 2 is 1.89 bits per heavy atom. The van der Waals surface area contributed by atoms with Crippen LogP contribution >= 0.6 is 0 Å². The van der Waals surface area contributed by atoms with Crippen molar-refractivity contribution in [1.82, 2.24) is 4.72 Å². The Kier molecular flexibility index (Phi) is 5.65. The van der Waals surface area contributed by atoms with Crippen LogP contribution in [0.25, 0.3) is 0 Å². The van der Waals surface area contributed by atoms with Crippen LogP contribution < -0.4 is 4.72 Å². The maximum atomic E-state index is 11.8. The fraction of sp³-hybridized carbons (Fsp3) is 0.333.